The van der Waals surface area contributed by atoms with Crippen molar-refractivity contribution < 1.29 is 0 Å². The zero-order valence-corrected chi connectivity index (χ0v) is 10.0. The van der Waals surface area contributed by atoms with Crippen LogP contribution < -0.4 is 0 Å². The van der Waals surface area contributed by atoms with Gasteiger partial charge in [-0.1, -0.05) is 22.9 Å². The van der Waals surface area contributed by atoms with Crippen LogP contribution in [-0.2, 0) is 0 Å². The Morgan fingerprint density at radius 2 is 2.46 bits per heavy atom. The summed E-state index contributed by atoms with van der Waals surface area (Å²) in [5.74, 6) is 0.518. The molecule has 0 amide bonds. The highest BCUT2D eigenvalue weighted by atomic mass is 79.9. The van der Waals surface area contributed by atoms with Gasteiger partial charge < -0.3 is 0 Å². The molecule has 70 valence electrons. The number of alkyl halides is 1. The van der Waals surface area contributed by atoms with E-state index in [1.54, 1.807) is 11.3 Å². The molecule has 1 atom stereocenters. The van der Waals surface area contributed by atoms with E-state index < -0.39 is 0 Å². The fraction of sp³-hybridized carbons (Fsp3) is 0.444. The summed E-state index contributed by atoms with van der Waals surface area (Å²) in [6, 6.07) is 0. The smallest absolute Gasteiger partial charge is 0.194 e. The molecule has 0 saturated carbocycles. The zero-order chi connectivity index (χ0) is 9.42. The molecule has 0 fully saturated rings. The molecule has 0 saturated heterocycles. The van der Waals surface area contributed by atoms with Crippen molar-refractivity contribution in [3.63, 3.8) is 0 Å². The van der Waals surface area contributed by atoms with Gasteiger partial charge in [-0.25, -0.2) is 4.98 Å². The molecule has 1 unspecified atom stereocenters. The minimum absolute atomic E-state index is 0.518. The van der Waals surface area contributed by atoms with E-state index in [1.807, 2.05) is 0 Å². The maximum absolute atomic E-state index is 4.50. The number of hydrogen-bond donors (Lipinski definition) is 0. The molecule has 2 aromatic rings. The quantitative estimate of drug-likeness (QED) is 0.757. The van der Waals surface area contributed by atoms with E-state index in [-0.39, 0.29) is 0 Å². The van der Waals surface area contributed by atoms with Gasteiger partial charge in [0.15, 0.2) is 4.96 Å². The molecule has 0 aliphatic carbocycles. The molecule has 0 aromatic carbocycles. The standard InChI is InChI=1S/C9H11BrN2S/c1-6(5-10)8-7(2)11-9-12(8)3-4-13-9/h3-4,6H,5H2,1-2H3. The summed E-state index contributed by atoms with van der Waals surface area (Å²) in [5, 5.41) is 3.06. The van der Waals surface area contributed by atoms with Crippen LogP contribution in [0.4, 0.5) is 0 Å². The maximum atomic E-state index is 4.50. The van der Waals surface area contributed by atoms with E-state index in [0.717, 1.165) is 16.0 Å². The van der Waals surface area contributed by atoms with Crippen LogP contribution in [0, 0.1) is 6.92 Å². The molecule has 0 aliphatic heterocycles. The van der Waals surface area contributed by atoms with Crippen molar-refractivity contribution in [1.82, 2.24) is 9.38 Å². The van der Waals surface area contributed by atoms with Crippen LogP contribution in [0.2, 0.25) is 0 Å². The van der Waals surface area contributed by atoms with Gasteiger partial charge >= 0.3 is 0 Å². The van der Waals surface area contributed by atoms with Crippen molar-refractivity contribution in [3.8, 4) is 0 Å². The highest BCUT2D eigenvalue weighted by Gasteiger charge is 2.14. The summed E-state index contributed by atoms with van der Waals surface area (Å²) < 4.78 is 2.19. The largest absolute Gasteiger partial charge is 0.294 e. The average molecular weight is 259 g/mol. The number of fused-ring (bicyclic) bond motifs is 1. The van der Waals surface area contributed by atoms with Gasteiger partial charge in [0.05, 0.1) is 5.69 Å². The lowest BCUT2D eigenvalue weighted by molar-refractivity contribution is 0.817. The molecule has 2 aromatic heterocycles. The predicted molar refractivity (Wildman–Crippen MR) is 60.0 cm³/mol. The van der Waals surface area contributed by atoms with Crippen LogP contribution >= 0.6 is 27.3 Å². The van der Waals surface area contributed by atoms with Gasteiger partial charge in [0.25, 0.3) is 0 Å². The van der Waals surface area contributed by atoms with Crippen LogP contribution in [0.15, 0.2) is 11.6 Å². The number of thiazole rings is 1. The van der Waals surface area contributed by atoms with Crippen molar-refractivity contribution in [2.75, 3.05) is 5.33 Å². The van der Waals surface area contributed by atoms with Crippen molar-refractivity contribution in [2.24, 2.45) is 0 Å². The number of imidazole rings is 1. The summed E-state index contributed by atoms with van der Waals surface area (Å²) in [6.07, 6.45) is 2.09. The number of nitrogens with zero attached hydrogens (tertiary/aromatic N) is 2. The molecule has 2 nitrogen and oxygen atoms in total. The Morgan fingerprint density at radius 3 is 3.15 bits per heavy atom. The van der Waals surface area contributed by atoms with E-state index >= 15 is 0 Å². The molecule has 4 heteroatoms. The van der Waals surface area contributed by atoms with Crippen LogP contribution in [0.3, 0.4) is 0 Å². The van der Waals surface area contributed by atoms with Gasteiger partial charge in [0.2, 0.25) is 0 Å². The van der Waals surface area contributed by atoms with Crippen LogP contribution in [0.5, 0.6) is 0 Å². The molecule has 2 rings (SSSR count). The maximum Gasteiger partial charge on any atom is 0.194 e. The Hall–Kier alpha value is -0.350. The number of hydrogen-bond acceptors (Lipinski definition) is 2. The lowest BCUT2D eigenvalue weighted by Crippen LogP contribution is -2.00. The molecule has 0 spiro atoms. The summed E-state index contributed by atoms with van der Waals surface area (Å²) in [7, 11) is 0. The summed E-state index contributed by atoms with van der Waals surface area (Å²) in [4.78, 5) is 5.60. The normalized spacial score (nSPS) is 13.8. The average Bonchev–Trinajstić information content (AvgIpc) is 2.62. The molecule has 0 radical (unpaired) electrons. The summed E-state index contributed by atoms with van der Waals surface area (Å²) in [5.41, 5.74) is 2.48. The summed E-state index contributed by atoms with van der Waals surface area (Å²) in [6.45, 7) is 4.29. The van der Waals surface area contributed by atoms with E-state index in [1.165, 1.54) is 5.69 Å². The Kier molecular flexibility index (Phi) is 2.43. The minimum Gasteiger partial charge on any atom is -0.294 e. The molecule has 0 N–H and O–H groups in total. The first-order chi connectivity index (χ1) is 6.24. The van der Waals surface area contributed by atoms with E-state index in [2.05, 4.69) is 50.7 Å². The number of rotatable bonds is 2. The molecule has 2 heterocycles. The second-order valence-electron chi connectivity index (χ2n) is 3.19. The van der Waals surface area contributed by atoms with Crippen molar-refractivity contribution >= 4 is 32.2 Å². The minimum atomic E-state index is 0.518. The van der Waals surface area contributed by atoms with E-state index in [4.69, 9.17) is 0 Å². The lowest BCUT2D eigenvalue weighted by atomic mass is 10.1. The zero-order valence-electron chi connectivity index (χ0n) is 7.62. The fourth-order valence-electron chi connectivity index (χ4n) is 1.58. The van der Waals surface area contributed by atoms with Crippen LogP contribution in [0.1, 0.15) is 24.2 Å². The Labute approximate surface area is 89.7 Å². The third kappa shape index (κ3) is 1.42. The van der Waals surface area contributed by atoms with Crippen LogP contribution in [0.25, 0.3) is 4.96 Å². The first-order valence-corrected chi connectivity index (χ1v) is 6.22. The topological polar surface area (TPSA) is 17.3 Å². The first kappa shape index (κ1) is 9.21. The highest BCUT2D eigenvalue weighted by molar-refractivity contribution is 9.09. The second kappa shape index (κ2) is 3.42. The van der Waals surface area contributed by atoms with Crippen molar-refractivity contribution in [2.45, 2.75) is 19.8 Å². The van der Waals surface area contributed by atoms with Gasteiger partial charge in [0, 0.05) is 28.5 Å². The van der Waals surface area contributed by atoms with E-state index in [0.29, 0.717) is 5.92 Å². The summed E-state index contributed by atoms with van der Waals surface area (Å²) >= 11 is 5.19. The highest BCUT2D eigenvalue weighted by Crippen LogP contribution is 2.24. The molecule has 0 aliphatic rings. The number of aryl methyl sites for hydroxylation is 1. The monoisotopic (exact) mass is 258 g/mol. The van der Waals surface area contributed by atoms with Crippen molar-refractivity contribution in [1.29, 1.82) is 0 Å². The van der Waals surface area contributed by atoms with E-state index in [9.17, 15) is 0 Å². The van der Waals surface area contributed by atoms with Gasteiger partial charge in [0.1, 0.15) is 0 Å². The third-order valence-corrected chi connectivity index (χ3v) is 3.91. The Bertz CT molecular complexity index is 418. The fourth-order valence-corrected chi connectivity index (χ4v) is 2.65. The van der Waals surface area contributed by atoms with Crippen molar-refractivity contribution in [3.05, 3.63) is 23.0 Å². The third-order valence-electron chi connectivity index (χ3n) is 2.18. The molecule has 0 bridgehead atoms. The SMILES string of the molecule is Cc1nc2sccn2c1C(C)CBr. The molecule has 13 heavy (non-hydrogen) atoms. The Balaban J connectivity index is 2.63. The first-order valence-electron chi connectivity index (χ1n) is 4.22. The van der Waals surface area contributed by atoms with Gasteiger partial charge in [-0.15, -0.1) is 11.3 Å². The molecular formula is C9H11BrN2S. The lowest BCUT2D eigenvalue weighted by Gasteiger charge is -2.06. The Morgan fingerprint density at radius 1 is 1.69 bits per heavy atom. The van der Waals surface area contributed by atoms with Gasteiger partial charge in [-0.2, -0.15) is 0 Å². The van der Waals surface area contributed by atoms with Gasteiger partial charge in [-0.05, 0) is 6.92 Å². The molecular weight excluding hydrogens is 248 g/mol. The van der Waals surface area contributed by atoms with Crippen LogP contribution in [-0.4, -0.2) is 14.7 Å². The number of aromatic nitrogens is 2. The van der Waals surface area contributed by atoms with Gasteiger partial charge in [-0.3, -0.25) is 4.40 Å². The second-order valence-corrected chi connectivity index (χ2v) is 4.71. The number of halogens is 1. The predicted octanol–water partition coefficient (Wildman–Crippen LogP) is 3.20.